The molecule has 3 saturated heterocycles. The standard InChI is InChI=1S/C16H30N2O/c1-16(2)11-12(7-8-19-16)17-13-9-14-5-4-6-15(10-13)18(14)3/h12-15,17H,4-11H2,1-3H3. The summed E-state index contributed by atoms with van der Waals surface area (Å²) in [5.41, 5.74) is 0.0667. The SMILES string of the molecule is CN1C2CCCC1CC(NC1CCOC(C)(C)C1)C2. The number of hydrogen-bond acceptors (Lipinski definition) is 3. The zero-order chi connectivity index (χ0) is 13.5. The third-order valence-corrected chi connectivity index (χ3v) is 5.51. The monoisotopic (exact) mass is 266 g/mol. The lowest BCUT2D eigenvalue weighted by molar-refractivity contribution is -0.0666. The van der Waals surface area contributed by atoms with Gasteiger partial charge in [-0.3, -0.25) is 0 Å². The molecule has 3 aliphatic heterocycles. The van der Waals surface area contributed by atoms with E-state index in [4.69, 9.17) is 4.74 Å². The summed E-state index contributed by atoms with van der Waals surface area (Å²) in [5, 5.41) is 3.96. The highest BCUT2D eigenvalue weighted by Gasteiger charge is 2.37. The first-order valence-electron chi connectivity index (χ1n) is 8.15. The molecule has 3 aliphatic rings. The molecule has 3 unspecified atom stereocenters. The molecule has 3 heterocycles. The molecule has 0 aromatic rings. The van der Waals surface area contributed by atoms with Crippen molar-refractivity contribution >= 4 is 0 Å². The van der Waals surface area contributed by atoms with E-state index in [2.05, 4.69) is 31.1 Å². The van der Waals surface area contributed by atoms with Gasteiger partial charge in [-0.15, -0.1) is 0 Å². The average molecular weight is 266 g/mol. The molecule has 0 aromatic carbocycles. The highest BCUT2D eigenvalue weighted by atomic mass is 16.5. The third kappa shape index (κ3) is 3.14. The van der Waals surface area contributed by atoms with Crippen molar-refractivity contribution in [2.75, 3.05) is 13.7 Å². The number of nitrogens with one attached hydrogen (secondary N) is 1. The quantitative estimate of drug-likeness (QED) is 0.831. The Kier molecular flexibility index (Phi) is 3.89. The number of fused-ring (bicyclic) bond motifs is 2. The lowest BCUT2D eigenvalue weighted by Crippen LogP contribution is -2.57. The molecule has 0 aliphatic carbocycles. The molecule has 0 radical (unpaired) electrons. The molecule has 3 heteroatoms. The summed E-state index contributed by atoms with van der Waals surface area (Å²) >= 11 is 0. The van der Waals surface area contributed by atoms with Crippen LogP contribution < -0.4 is 5.32 Å². The van der Waals surface area contributed by atoms with Crippen LogP contribution in [0.2, 0.25) is 0 Å². The summed E-state index contributed by atoms with van der Waals surface area (Å²) < 4.78 is 5.83. The molecule has 3 fully saturated rings. The average Bonchev–Trinajstić information content (AvgIpc) is 2.29. The van der Waals surface area contributed by atoms with Gasteiger partial charge >= 0.3 is 0 Å². The van der Waals surface area contributed by atoms with Gasteiger partial charge in [0, 0.05) is 30.8 Å². The summed E-state index contributed by atoms with van der Waals surface area (Å²) in [7, 11) is 2.34. The van der Waals surface area contributed by atoms with Gasteiger partial charge in [0.25, 0.3) is 0 Å². The van der Waals surface area contributed by atoms with Gasteiger partial charge in [0.1, 0.15) is 0 Å². The van der Waals surface area contributed by atoms with Crippen molar-refractivity contribution < 1.29 is 4.74 Å². The molecule has 110 valence electrons. The van der Waals surface area contributed by atoms with Crippen molar-refractivity contribution in [3.05, 3.63) is 0 Å². The van der Waals surface area contributed by atoms with Crippen LogP contribution >= 0.6 is 0 Å². The minimum absolute atomic E-state index is 0.0667. The lowest BCUT2D eigenvalue weighted by atomic mass is 9.81. The second-order valence-corrected chi connectivity index (χ2v) is 7.54. The number of ether oxygens (including phenoxy) is 1. The highest BCUT2D eigenvalue weighted by Crippen LogP contribution is 2.33. The zero-order valence-corrected chi connectivity index (χ0v) is 12.8. The number of piperidine rings is 2. The van der Waals surface area contributed by atoms with E-state index < -0.39 is 0 Å². The minimum atomic E-state index is 0.0667. The molecule has 1 N–H and O–H groups in total. The summed E-state index contributed by atoms with van der Waals surface area (Å²) in [6.45, 7) is 5.37. The molecule has 3 rings (SSSR count). The maximum atomic E-state index is 5.83. The molecular formula is C16H30N2O. The topological polar surface area (TPSA) is 24.5 Å². The van der Waals surface area contributed by atoms with Crippen LogP contribution in [-0.4, -0.2) is 48.3 Å². The van der Waals surface area contributed by atoms with Gasteiger partial charge in [-0.2, -0.15) is 0 Å². The van der Waals surface area contributed by atoms with E-state index in [-0.39, 0.29) is 5.60 Å². The molecule has 3 nitrogen and oxygen atoms in total. The first-order chi connectivity index (χ1) is 9.03. The van der Waals surface area contributed by atoms with Crippen molar-refractivity contribution in [1.29, 1.82) is 0 Å². The molecule has 0 spiro atoms. The Bertz CT molecular complexity index is 304. The lowest BCUT2D eigenvalue weighted by Gasteiger charge is -2.48. The Morgan fingerprint density at radius 2 is 1.74 bits per heavy atom. The summed E-state index contributed by atoms with van der Waals surface area (Å²) in [6.07, 6.45) is 9.31. The van der Waals surface area contributed by atoms with Gasteiger partial charge < -0.3 is 15.0 Å². The smallest absolute Gasteiger partial charge is 0.0641 e. The first-order valence-corrected chi connectivity index (χ1v) is 8.15. The molecule has 3 atom stereocenters. The summed E-state index contributed by atoms with van der Waals surface area (Å²) in [6, 6.07) is 3.07. The number of nitrogens with zero attached hydrogens (tertiary/aromatic N) is 1. The predicted octanol–water partition coefficient (Wildman–Crippen LogP) is 2.55. The molecule has 0 saturated carbocycles. The van der Waals surface area contributed by atoms with E-state index in [1.54, 1.807) is 0 Å². The Morgan fingerprint density at radius 1 is 1.05 bits per heavy atom. The number of hydrogen-bond donors (Lipinski definition) is 1. The van der Waals surface area contributed by atoms with Gasteiger partial charge in [-0.05, 0) is 59.4 Å². The Morgan fingerprint density at radius 3 is 2.37 bits per heavy atom. The van der Waals surface area contributed by atoms with Crippen LogP contribution in [0.15, 0.2) is 0 Å². The fourth-order valence-corrected chi connectivity index (χ4v) is 4.46. The van der Waals surface area contributed by atoms with Crippen LogP contribution in [0, 0.1) is 0 Å². The Balaban J connectivity index is 1.56. The Labute approximate surface area is 118 Å². The fraction of sp³-hybridized carbons (Fsp3) is 1.00. The van der Waals surface area contributed by atoms with Crippen LogP contribution in [-0.2, 0) is 4.74 Å². The number of rotatable bonds is 2. The van der Waals surface area contributed by atoms with Crippen LogP contribution in [0.1, 0.15) is 58.8 Å². The summed E-state index contributed by atoms with van der Waals surface area (Å²) in [4.78, 5) is 2.65. The van der Waals surface area contributed by atoms with Crippen LogP contribution in [0.25, 0.3) is 0 Å². The van der Waals surface area contributed by atoms with Crippen molar-refractivity contribution in [2.45, 2.75) is 88.6 Å². The Hall–Kier alpha value is -0.120. The van der Waals surface area contributed by atoms with Crippen LogP contribution in [0.5, 0.6) is 0 Å². The van der Waals surface area contributed by atoms with E-state index in [1.165, 1.54) is 38.5 Å². The first kappa shape index (κ1) is 13.8. The molecule has 0 aromatic heterocycles. The van der Waals surface area contributed by atoms with Crippen molar-refractivity contribution in [1.82, 2.24) is 10.2 Å². The highest BCUT2D eigenvalue weighted by molar-refractivity contribution is 4.95. The predicted molar refractivity (Wildman–Crippen MR) is 78.4 cm³/mol. The molecular weight excluding hydrogens is 236 g/mol. The third-order valence-electron chi connectivity index (χ3n) is 5.51. The van der Waals surface area contributed by atoms with E-state index in [0.717, 1.165) is 31.2 Å². The van der Waals surface area contributed by atoms with Gasteiger partial charge in [-0.25, -0.2) is 0 Å². The van der Waals surface area contributed by atoms with E-state index in [1.807, 2.05) is 0 Å². The van der Waals surface area contributed by atoms with Crippen molar-refractivity contribution in [2.24, 2.45) is 0 Å². The normalized spacial score (nSPS) is 43.1. The maximum absolute atomic E-state index is 5.83. The van der Waals surface area contributed by atoms with Gasteiger partial charge in [0.2, 0.25) is 0 Å². The fourth-order valence-electron chi connectivity index (χ4n) is 4.46. The second kappa shape index (κ2) is 5.34. The van der Waals surface area contributed by atoms with Crippen LogP contribution in [0.4, 0.5) is 0 Å². The second-order valence-electron chi connectivity index (χ2n) is 7.54. The molecule has 2 bridgehead atoms. The van der Waals surface area contributed by atoms with Crippen molar-refractivity contribution in [3.8, 4) is 0 Å². The minimum Gasteiger partial charge on any atom is -0.375 e. The summed E-state index contributed by atoms with van der Waals surface area (Å²) in [5.74, 6) is 0. The van der Waals surface area contributed by atoms with E-state index in [0.29, 0.717) is 6.04 Å². The largest absolute Gasteiger partial charge is 0.375 e. The molecule has 0 amide bonds. The zero-order valence-electron chi connectivity index (χ0n) is 12.8. The van der Waals surface area contributed by atoms with Gasteiger partial charge in [0.15, 0.2) is 0 Å². The van der Waals surface area contributed by atoms with E-state index >= 15 is 0 Å². The van der Waals surface area contributed by atoms with Gasteiger partial charge in [0.05, 0.1) is 5.60 Å². The molecule has 19 heavy (non-hydrogen) atoms. The maximum Gasteiger partial charge on any atom is 0.0641 e. The van der Waals surface area contributed by atoms with E-state index in [9.17, 15) is 0 Å². The van der Waals surface area contributed by atoms with Gasteiger partial charge in [-0.1, -0.05) is 6.42 Å². The van der Waals surface area contributed by atoms with Crippen LogP contribution in [0.3, 0.4) is 0 Å². The van der Waals surface area contributed by atoms with Crippen molar-refractivity contribution in [3.63, 3.8) is 0 Å².